The summed E-state index contributed by atoms with van der Waals surface area (Å²) in [4.78, 5) is 13.8. The normalized spacial score (nSPS) is 18.1. The Hall–Kier alpha value is -1.55. The molecule has 1 atom stereocenters. The molecule has 1 saturated heterocycles. The number of carbonyl (C=O) groups is 1. The van der Waals surface area contributed by atoms with E-state index in [1.165, 1.54) is 0 Å². The topological polar surface area (TPSA) is 55.6 Å². The van der Waals surface area contributed by atoms with Gasteiger partial charge in [-0.2, -0.15) is 0 Å². The maximum Gasteiger partial charge on any atom is 0.239 e. The number of likely N-dealkylation sites (tertiary alicyclic amines) is 1. The number of amides is 1. The van der Waals surface area contributed by atoms with Crippen molar-refractivity contribution in [2.45, 2.75) is 38.3 Å². The van der Waals surface area contributed by atoms with Gasteiger partial charge in [0.2, 0.25) is 5.91 Å². The van der Waals surface area contributed by atoms with E-state index in [9.17, 15) is 4.79 Å². The maximum absolute atomic E-state index is 12.0. The van der Waals surface area contributed by atoms with Gasteiger partial charge in [-0.25, -0.2) is 0 Å². The van der Waals surface area contributed by atoms with Gasteiger partial charge in [0, 0.05) is 25.9 Å². The number of nitrogens with zero attached hydrogens (tertiary/aromatic N) is 1. The van der Waals surface area contributed by atoms with E-state index in [-0.39, 0.29) is 18.1 Å². The van der Waals surface area contributed by atoms with Gasteiger partial charge in [0.15, 0.2) is 0 Å². The summed E-state index contributed by atoms with van der Waals surface area (Å²) >= 11 is 0. The minimum Gasteiger partial charge on any atom is -0.490 e. The van der Waals surface area contributed by atoms with Crippen molar-refractivity contribution in [3.05, 3.63) is 30.3 Å². The number of hydrogen-bond acceptors (Lipinski definition) is 3. The van der Waals surface area contributed by atoms with Gasteiger partial charge in [0.25, 0.3) is 0 Å². The van der Waals surface area contributed by atoms with Crippen molar-refractivity contribution in [1.82, 2.24) is 4.90 Å². The zero-order valence-electron chi connectivity index (χ0n) is 11.4. The molecule has 1 amide bonds. The molecule has 2 rings (SSSR count). The molecule has 2 N–H and O–H groups in total. The fourth-order valence-electron chi connectivity index (χ4n) is 2.29. The molecule has 0 aromatic heterocycles. The fraction of sp³-hybridized carbons (Fsp3) is 0.533. The van der Waals surface area contributed by atoms with E-state index in [1.807, 2.05) is 42.2 Å². The number of rotatable bonds is 4. The summed E-state index contributed by atoms with van der Waals surface area (Å²) < 4.78 is 5.90. The zero-order chi connectivity index (χ0) is 13.7. The van der Waals surface area contributed by atoms with Gasteiger partial charge in [0.1, 0.15) is 11.9 Å². The summed E-state index contributed by atoms with van der Waals surface area (Å²) in [6.45, 7) is 3.42. The number of ether oxygens (including phenoxy) is 1. The molecule has 1 heterocycles. The third-order valence-corrected chi connectivity index (χ3v) is 3.56. The Kier molecular flexibility index (Phi) is 4.80. The Balaban J connectivity index is 1.81. The fourth-order valence-corrected chi connectivity index (χ4v) is 2.29. The molecule has 0 spiro atoms. The summed E-state index contributed by atoms with van der Waals surface area (Å²) in [5.41, 5.74) is 5.78. The van der Waals surface area contributed by atoms with E-state index in [1.54, 1.807) is 0 Å². The average molecular weight is 262 g/mol. The minimum absolute atomic E-state index is 0.0701. The molecule has 4 nitrogen and oxygen atoms in total. The van der Waals surface area contributed by atoms with Gasteiger partial charge in [-0.05, 0) is 18.6 Å². The highest BCUT2D eigenvalue weighted by molar-refractivity contribution is 5.81. The molecular formula is C15H22N2O2. The Morgan fingerprint density at radius 1 is 1.37 bits per heavy atom. The van der Waals surface area contributed by atoms with Crippen LogP contribution in [0.25, 0.3) is 0 Å². The van der Waals surface area contributed by atoms with E-state index in [4.69, 9.17) is 10.5 Å². The molecule has 1 aliphatic rings. The van der Waals surface area contributed by atoms with Crippen molar-refractivity contribution < 1.29 is 9.53 Å². The quantitative estimate of drug-likeness (QED) is 0.900. The standard InChI is InChI=1S/C15H22N2O2/c1-2-14(16)15(18)17-10-8-13(9-11-17)19-12-6-4-3-5-7-12/h3-7,13-14H,2,8-11,16H2,1H3/t14-/m1/s1. The Bertz CT molecular complexity index is 400. The molecule has 0 bridgehead atoms. The van der Waals surface area contributed by atoms with Crippen molar-refractivity contribution in [3.63, 3.8) is 0 Å². The van der Waals surface area contributed by atoms with Crippen molar-refractivity contribution >= 4 is 5.91 Å². The first kappa shape index (κ1) is 13.9. The number of para-hydroxylation sites is 1. The van der Waals surface area contributed by atoms with Crippen LogP contribution >= 0.6 is 0 Å². The lowest BCUT2D eigenvalue weighted by Gasteiger charge is -2.33. The Morgan fingerprint density at radius 2 is 2.00 bits per heavy atom. The number of benzene rings is 1. The maximum atomic E-state index is 12.0. The summed E-state index contributed by atoms with van der Waals surface area (Å²) in [7, 11) is 0. The van der Waals surface area contributed by atoms with Gasteiger partial charge in [0.05, 0.1) is 6.04 Å². The second kappa shape index (κ2) is 6.57. The van der Waals surface area contributed by atoms with E-state index >= 15 is 0 Å². The number of piperidine rings is 1. The highest BCUT2D eigenvalue weighted by atomic mass is 16.5. The van der Waals surface area contributed by atoms with Crippen LogP contribution in [0.5, 0.6) is 5.75 Å². The first-order valence-corrected chi connectivity index (χ1v) is 6.96. The lowest BCUT2D eigenvalue weighted by molar-refractivity contribution is -0.134. The van der Waals surface area contributed by atoms with Crippen LogP contribution in [-0.2, 0) is 4.79 Å². The average Bonchev–Trinajstić information content (AvgIpc) is 2.47. The summed E-state index contributed by atoms with van der Waals surface area (Å²) in [5.74, 6) is 0.971. The molecule has 0 aliphatic carbocycles. The van der Waals surface area contributed by atoms with Gasteiger partial charge in [-0.15, -0.1) is 0 Å². The number of nitrogens with two attached hydrogens (primary N) is 1. The lowest BCUT2D eigenvalue weighted by atomic mass is 10.1. The molecule has 4 heteroatoms. The van der Waals surface area contributed by atoms with Crippen LogP contribution in [0.1, 0.15) is 26.2 Å². The van der Waals surface area contributed by atoms with Crippen LogP contribution in [0.15, 0.2) is 30.3 Å². The van der Waals surface area contributed by atoms with Crippen LogP contribution in [-0.4, -0.2) is 36.0 Å². The highest BCUT2D eigenvalue weighted by Crippen LogP contribution is 2.19. The van der Waals surface area contributed by atoms with Crippen LogP contribution in [0, 0.1) is 0 Å². The van der Waals surface area contributed by atoms with Crippen LogP contribution < -0.4 is 10.5 Å². The Labute approximate surface area is 114 Å². The van der Waals surface area contributed by atoms with Crippen LogP contribution in [0.3, 0.4) is 0 Å². The molecule has 0 radical (unpaired) electrons. The number of carbonyl (C=O) groups excluding carboxylic acids is 1. The predicted octanol–water partition coefficient (Wildman–Crippen LogP) is 1.79. The molecule has 0 unspecified atom stereocenters. The monoisotopic (exact) mass is 262 g/mol. The molecule has 0 saturated carbocycles. The summed E-state index contributed by atoms with van der Waals surface area (Å²) in [5, 5.41) is 0. The predicted molar refractivity (Wildman–Crippen MR) is 74.9 cm³/mol. The van der Waals surface area contributed by atoms with E-state index in [2.05, 4.69) is 0 Å². The minimum atomic E-state index is -0.355. The SMILES string of the molecule is CC[C@@H](N)C(=O)N1CCC(Oc2ccccc2)CC1. The molecule has 104 valence electrons. The van der Waals surface area contributed by atoms with Gasteiger partial charge < -0.3 is 15.4 Å². The van der Waals surface area contributed by atoms with E-state index < -0.39 is 0 Å². The first-order valence-electron chi connectivity index (χ1n) is 6.96. The van der Waals surface area contributed by atoms with E-state index in [0.29, 0.717) is 6.42 Å². The lowest BCUT2D eigenvalue weighted by Crippen LogP contribution is -2.48. The van der Waals surface area contributed by atoms with Gasteiger partial charge in [-0.3, -0.25) is 4.79 Å². The highest BCUT2D eigenvalue weighted by Gasteiger charge is 2.26. The van der Waals surface area contributed by atoms with Crippen molar-refractivity contribution in [2.75, 3.05) is 13.1 Å². The second-order valence-electron chi connectivity index (χ2n) is 4.97. The molecule has 1 aromatic carbocycles. The molecular weight excluding hydrogens is 240 g/mol. The van der Waals surface area contributed by atoms with Gasteiger partial charge in [-0.1, -0.05) is 25.1 Å². The largest absolute Gasteiger partial charge is 0.490 e. The third-order valence-electron chi connectivity index (χ3n) is 3.56. The van der Waals surface area contributed by atoms with Crippen molar-refractivity contribution in [1.29, 1.82) is 0 Å². The molecule has 1 aliphatic heterocycles. The van der Waals surface area contributed by atoms with Crippen LogP contribution in [0.2, 0.25) is 0 Å². The summed E-state index contributed by atoms with van der Waals surface area (Å²) in [6, 6.07) is 9.48. The molecule has 19 heavy (non-hydrogen) atoms. The smallest absolute Gasteiger partial charge is 0.239 e. The van der Waals surface area contributed by atoms with Crippen molar-refractivity contribution in [3.8, 4) is 5.75 Å². The Morgan fingerprint density at radius 3 is 2.58 bits per heavy atom. The molecule has 1 fully saturated rings. The third kappa shape index (κ3) is 3.70. The van der Waals surface area contributed by atoms with Crippen LogP contribution in [0.4, 0.5) is 0 Å². The summed E-state index contributed by atoms with van der Waals surface area (Å²) in [6.07, 6.45) is 2.64. The zero-order valence-corrected chi connectivity index (χ0v) is 11.4. The van der Waals surface area contributed by atoms with Crippen molar-refractivity contribution in [2.24, 2.45) is 5.73 Å². The van der Waals surface area contributed by atoms with E-state index in [0.717, 1.165) is 31.7 Å². The second-order valence-corrected chi connectivity index (χ2v) is 4.97. The molecule has 1 aromatic rings. The number of hydrogen-bond donors (Lipinski definition) is 1. The van der Waals surface area contributed by atoms with Gasteiger partial charge >= 0.3 is 0 Å². The first-order chi connectivity index (χ1) is 9.20.